The fourth-order valence-corrected chi connectivity index (χ4v) is 3.03. The Morgan fingerprint density at radius 2 is 2.32 bits per heavy atom. The molecule has 1 fully saturated rings. The number of ether oxygens (including phenoxy) is 1. The third-order valence-corrected chi connectivity index (χ3v) is 4.09. The Labute approximate surface area is 114 Å². The summed E-state index contributed by atoms with van der Waals surface area (Å²) in [6.07, 6.45) is 0.679. The maximum absolute atomic E-state index is 10.8. The molecule has 2 unspecified atom stereocenters. The zero-order chi connectivity index (χ0) is 13.2. The fraction of sp³-hybridized carbons (Fsp3) is 0.385. The molecule has 19 heavy (non-hydrogen) atoms. The van der Waals surface area contributed by atoms with E-state index in [1.807, 2.05) is 24.3 Å². The van der Waals surface area contributed by atoms with Crippen LogP contribution in [-0.4, -0.2) is 34.2 Å². The second-order valence-corrected chi connectivity index (χ2v) is 5.35. The number of carbonyl (C=O) groups is 1. The highest BCUT2D eigenvalue weighted by atomic mass is 32.1. The van der Waals surface area contributed by atoms with E-state index < -0.39 is 12.1 Å². The molecular weight excluding hydrogens is 264 g/mol. The molecule has 1 aliphatic heterocycles. The summed E-state index contributed by atoms with van der Waals surface area (Å²) >= 11 is 1.42. The van der Waals surface area contributed by atoms with Crippen LogP contribution in [0.2, 0.25) is 0 Å². The number of fused-ring (bicyclic) bond motifs is 1. The minimum Gasteiger partial charge on any atom is -0.479 e. The lowest BCUT2D eigenvalue weighted by atomic mass is 10.2. The highest BCUT2D eigenvalue weighted by Gasteiger charge is 2.30. The van der Waals surface area contributed by atoms with Crippen molar-refractivity contribution >= 4 is 33.4 Å². The molecule has 1 aromatic carbocycles. The number of nitrogens with one attached hydrogen (secondary N) is 1. The number of hydrogen-bond acceptors (Lipinski definition) is 5. The van der Waals surface area contributed by atoms with Crippen molar-refractivity contribution in [1.29, 1.82) is 0 Å². The predicted molar refractivity (Wildman–Crippen MR) is 73.6 cm³/mol. The maximum atomic E-state index is 10.8. The van der Waals surface area contributed by atoms with Crippen molar-refractivity contribution in [3.8, 4) is 0 Å². The van der Waals surface area contributed by atoms with Crippen LogP contribution in [0.15, 0.2) is 24.3 Å². The molecule has 2 aromatic rings. The number of aromatic nitrogens is 1. The first kappa shape index (κ1) is 12.4. The Morgan fingerprint density at radius 3 is 3.11 bits per heavy atom. The summed E-state index contributed by atoms with van der Waals surface area (Å²) in [5.74, 6) is -0.870. The molecule has 0 spiro atoms. The lowest BCUT2D eigenvalue weighted by Gasteiger charge is -2.12. The molecule has 2 atom stereocenters. The molecule has 0 aliphatic carbocycles. The molecule has 5 nitrogen and oxygen atoms in total. The standard InChI is InChI=1S/C13H14N2O3S/c16-13(17)11-6-5-8(18-11)7-14-12-9-3-1-2-4-10(9)15-19-12/h1-4,8,11,14H,5-7H2,(H,16,17). The molecule has 0 amide bonds. The normalized spacial score (nSPS) is 22.7. The van der Waals surface area contributed by atoms with Gasteiger partial charge in [0.25, 0.3) is 0 Å². The second kappa shape index (κ2) is 5.14. The summed E-state index contributed by atoms with van der Waals surface area (Å²) in [7, 11) is 0. The van der Waals surface area contributed by atoms with Crippen LogP contribution in [0, 0.1) is 0 Å². The number of benzene rings is 1. The topological polar surface area (TPSA) is 71.5 Å². The number of anilines is 1. The summed E-state index contributed by atoms with van der Waals surface area (Å²) < 4.78 is 9.81. The van der Waals surface area contributed by atoms with Gasteiger partial charge in [0.2, 0.25) is 0 Å². The Bertz CT molecular complexity index is 598. The zero-order valence-corrected chi connectivity index (χ0v) is 11.0. The van der Waals surface area contributed by atoms with Crippen LogP contribution in [0.3, 0.4) is 0 Å². The van der Waals surface area contributed by atoms with Crippen molar-refractivity contribution in [2.45, 2.75) is 25.0 Å². The molecule has 0 radical (unpaired) electrons. The van der Waals surface area contributed by atoms with E-state index in [2.05, 4.69) is 9.69 Å². The average molecular weight is 278 g/mol. The Hall–Kier alpha value is -1.66. The molecular formula is C13H14N2O3S. The predicted octanol–water partition coefficient (Wildman–Crippen LogP) is 2.34. The monoisotopic (exact) mass is 278 g/mol. The summed E-state index contributed by atoms with van der Waals surface area (Å²) in [4.78, 5) is 10.8. The Balaban J connectivity index is 1.62. The molecule has 1 aromatic heterocycles. The molecule has 3 rings (SSSR count). The molecule has 0 bridgehead atoms. The van der Waals surface area contributed by atoms with E-state index in [1.165, 1.54) is 11.5 Å². The van der Waals surface area contributed by atoms with Gasteiger partial charge >= 0.3 is 5.97 Å². The number of aliphatic carboxylic acids is 1. The highest BCUT2D eigenvalue weighted by molar-refractivity contribution is 7.11. The van der Waals surface area contributed by atoms with Gasteiger partial charge in [0.05, 0.1) is 11.6 Å². The van der Waals surface area contributed by atoms with Gasteiger partial charge < -0.3 is 15.2 Å². The van der Waals surface area contributed by atoms with Gasteiger partial charge in [0, 0.05) is 11.9 Å². The molecule has 1 saturated heterocycles. The molecule has 1 aliphatic rings. The van der Waals surface area contributed by atoms with Gasteiger partial charge in [-0.25, -0.2) is 4.79 Å². The van der Waals surface area contributed by atoms with E-state index in [1.54, 1.807) is 0 Å². The van der Waals surface area contributed by atoms with Crippen molar-refractivity contribution in [3.05, 3.63) is 24.3 Å². The first-order chi connectivity index (χ1) is 9.24. The third kappa shape index (κ3) is 2.54. The van der Waals surface area contributed by atoms with Crippen molar-refractivity contribution in [1.82, 2.24) is 4.37 Å². The Morgan fingerprint density at radius 1 is 1.47 bits per heavy atom. The quantitative estimate of drug-likeness (QED) is 0.898. The Kier molecular flexibility index (Phi) is 3.35. The number of carboxylic acid groups (broad SMARTS) is 1. The average Bonchev–Trinajstić information content (AvgIpc) is 3.03. The first-order valence-electron chi connectivity index (χ1n) is 6.20. The van der Waals surface area contributed by atoms with Crippen molar-refractivity contribution < 1.29 is 14.6 Å². The van der Waals surface area contributed by atoms with E-state index in [0.717, 1.165) is 22.3 Å². The van der Waals surface area contributed by atoms with Crippen LogP contribution < -0.4 is 5.32 Å². The van der Waals surface area contributed by atoms with Crippen molar-refractivity contribution in [3.63, 3.8) is 0 Å². The largest absolute Gasteiger partial charge is 0.479 e. The van der Waals surface area contributed by atoms with Gasteiger partial charge in [0.15, 0.2) is 6.10 Å². The highest BCUT2D eigenvalue weighted by Crippen LogP contribution is 2.28. The van der Waals surface area contributed by atoms with Crippen molar-refractivity contribution in [2.75, 3.05) is 11.9 Å². The van der Waals surface area contributed by atoms with E-state index in [0.29, 0.717) is 13.0 Å². The fourth-order valence-electron chi connectivity index (χ4n) is 2.26. The molecule has 0 saturated carbocycles. The number of hydrogen-bond donors (Lipinski definition) is 2. The van der Waals surface area contributed by atoms with Crippen LogP contribution in [0.1, 0.15) is 12.8 Å². The minimum absolute atomic E-state index is 0.0398. The number of carboxylic acids is 1. The van der Waals surface area contributed by atoms with E-state index in [4.69, 9.17) is 9.84 Å². The smallest absolute Gasteiger partial charge is 0.332 e. The number of nitrogens with zero attached hydrogens (tertiary/aromatic N) is 1. The van der Waals surface area contributed by atoms with E-state index in [-0.39, 0.29) is 6.10 Å². The van der Waals surface area contributed by atoms with Gasteiger partial charge in [-0.15, -0.1) is 0 Å². The summed E-state index contributed by atoms with van der Waals surface area (Å²) in [5, 5.41) is 14.3. The van der Waals surface area contributed by atoms with Crippen LogP contribution in [0.5, 0.6) is 0 Å². The van der Waals surface area contributed by atoms with Crippen LogP contribution in [-0.2, 0) is 9.53 Å². The maximum Gasteiger partial charge on any atom is 0.332 e. The zero-order valence-electron chi connectivity index (χ0n) is 10.2. The van der Waals surface area contributed by atoms with Crippen molar-refractivity contribution in [2.24, 2.45) is 0 Å². The SMILES string of the molecule is O=C(O)C1CCC(CNc2snc3ccccc23)O1. The van der Waals surface area contributed by atoms with Gasteiger partial charge in [0.1, 0.15) is 5.00 Å². The van der Waals surface area contributed by atoms with E-state index >= 15 is 0 Å². The van der Waals surface area contributed by atoms with E-state index in [9.17, 15) is 4.79 Å². The van der Waals surface area contributed by atoms with Crippen LogP contribution in [0.25, 0.3) is 10.9 Å². The minimum atomic E-state index is -0.870. The summed E-state index contributed by atoms with van der Waals surface area (Å²) in [6, 6.07) is 7.94. The molecule has 2 N–H and O–H groups in total. The summed E-state index contributed by atoms with van der Waals surface area (Å²) in [6.45, 7) is 0.621. The van der Waals surface area contributed by atoms with Gasteiger partial charge in [-0.2, -0.15) is 4.37 Å². The lowest BCUT2D eigenvalue weighted by molar-refractivity contribution is -0.149. The van der Waals surface area contributed by atoms with Crippen LogP contribution in [0.4, 0.5) is 5.00 Å². The molecule has 2 heterocycles. The third-order valence-electron chi connectivity index (χ3n) is 3.26. The van der Waals surface area contributed by atoms with Gasteiger partial charge in [-0.05, 0) is 36.5 Å². The molecule has 6 heteroatoms. The number of rotatable bonds is 4. The second-order valence-electron chi connectivity index (χ2n) is 4.57. The lowest BCUT2D eigenvalue weighted by Crippen LogP contribution is -2.24. The molecule has 100 valence electrons. The van der Waals surface area contributed by atoms with Crippen LogP contribution >= 0.6 is 11.5 Å². The van der Waals surface area contributed by atoms with Gasteiger partial charge in [-0.1, -0.05) is 12.1 Å². The first-order valence-corrected chi connectivity index (χ1v) is 6.98. The van der Waals surface area contributed by atoms with Gasteiger partial charge in [-0.3, -0.25) is 0 Å². The summed E-state index contributed by atoms with van der Waals surface area (Å²) in [5.41, 5.74) is 0.978.